The Morgan fingerprint density at radius 1 is 1.39 bits per heavy atom. The molecule has 1 heterocycles. The SMILES string of the molecule is CC1SCC(C(O)c2cc(F)ccc2Cl)SC1C. The van der Waals surface area contributed by atoms with Crippen LogP contribution in [0.1, 0.15) is 25.5 Å². The van der Waals surface area contributed by atoms with Gasteiger partial charge in [0.25, 0.3) is 0 Å². The van der Waals surface area contributed by atoms with E-state index in [2.05, 4.69) is 13.8 Å². The van der Waals surface area contributed by atoms with E-state index in [4.69, 9.17) is 11.6 Å². The fourth-order valence-electron chi connectivity index (χ4n) is 1.91. The van der Waals surface area contributed by atoms with E-state index in [-0.39, 0.29) is 11.1 Å². The molecule has 0 saturated carbocycles. The Hall–Kier alpha value is 0.1000. The lowest BCUT2D eigenvalue weighted by atomic mass is 10.1. The minimum Gasteiger partial charge on any atom is -0.387 e. The first-order chi connectivity index (χ1) is 8.49. The van der Waals surface area contributed by atoms with Crippen molar-refractivity contribution in [2.75, 3.05) is 5.75 Å². The monoisotopic (exact) mass is 306 g/mol. The normalized spacial score (nSPS) is 30.2. The number of benzene rings is 1. The van der Waals surface area contributed by atoms with Crippen LogP contribution in [0.2, 0.25) is 5.02 Å². The summed E-state index contributed by atoms with van der Waals surface area (Å²) in [7, 11) is 0. The van der Waals surface area contributed by atoms with E-state index in [1.165, 1.54) is 18.2 Å². The molecule has 4 atom stereocenters. The van der Waals surface area contributed by atoms with Crippen LogP contribution < -0.4 is 0 Å². The van der Waals surface area contributed by atoms with Crippen LogP contribution in [0.15, 0.2) is 18.2 Å². The molecule has 2 rings (SSSR count). The number of rotatable bonds is 2. The third-order valence-corrected chi connectivity index (χ3v) is 7.03. The van der Waals surface area contributed by atoms with E-state index in [1.807, 2.05) is 11.8 Å². The third kappa shape index (κ3) is 3.16. The van der Waals surface area contributed by atoms with E-state index in [1.54, 1.807) is 11.8 Å². The second-order valence-electron chi connectivity index (χ2n) is 4.53. The predicted octanol–water partition coefficient (Wildman–Crippen LogP) is 4.14. The maximum absolute atomic E-state index is 13.2. The lowest BCUT2D eigenvalue weighted by Crippen LogP contribution is -2.30. The summed E-state index contributed by atoms with van der Waals surface area (Å²) < 4.78 is 13.2. The lowest BCUT2D eigenvalue weighted by Gasteiger charge is -2.34. The minimum absolute atomic E-state index is 0.0699. The van der Waals surface area contributed by atoms with Crippen LogP contribution in [0, 0.1) is 5.82 Å². The van der Waals surface area contributed by atoms with Crippen molar-refractivity contribution in [1.29, 1.82) is 0 Å². The van der Waals surface area contributed by atoms with Crippen LogP contribution in [0.25, 0.3) is 0 Å². The van der Waals surface area contributed by atoms with Crippen molar-refractivity contribution in [2.24, 2.45) is 0 Å². The number of hydrogen-bond acceptors (Lipinski definition) is 3. The average molecular weight is 307 g/mol. The van der Waals surface area contributed by atoms with Gasteiger partial charge in [0, 0.05) is 32.1 Å². The molecular formula is C13H16ClFOS2. The van der Waals surface area contributed by atoms with Crippen molar-refractivity contribution in [1.82, 2.24) is 0 Å². The maximum atomic E-state index is 13.2. The number of halogens is 2. The Kier molecular flexibility index (Phi) is 4.86. The predicted molar refractivity (Wildman–Crippen MR) is 79.1 cm³/mol. The molecule has 1 aromatic carbocycles. The number of thioether (sulfide) groups is 2. The van der Waals surface area contributed by atoms with Crippen molar-refractivity contribution in [3.63, 3.8) is 0 Å². The Bertz CT molecular complexity index is 429. The van der Waals surface area contributed by atoms with Gasteiger partial charge in [0.2, 0.25) is 0 Å². The molecule has 4 unspecified atom stereocenters. The topological polar surface area (TPSA) is 20.2 Å². The summed E-state index contributed by atoms with van der Waals surface area (Å²) in [4.78, 5) is 0. The zero-order valence-electron chi connectivity index (χ0n) is 10.3. The third-order valence-electron chi connectivity index (χ3n) is 3.20. The van der Waals surface area contributed by atoms with Gasteiger partial charge in [-0.1, -0.05) is 25.4 Å². The molecule has 0 aliphatic carbocycles. The molecule has 18 heavy (non-hydrogen) atoms. The molecule has 0 spiro atoms. The van der Waals surface area contributed by atoms with Gasteiger partial charge in [-0.15, -0.1) is 0 Å². The van der Waals surface area contributed by atoms with Crippen LogP contribution in [0.5, 0.6) is 0 Å². The molecule has 1 fully saturated rings. The van der Waals surface area contributed by atoms with E-state index in [0.717, 1.165) is 5.75 Å². The van der Waals surface area contributed by atoms with Gasteiger partial charge >= 0.3 is 0 Å². The van der Waals surface area contributed by atoms with Gasteiger partial charge < -0.3 is 5.11 Å². The zero-order chi connectivity index (χ0) is 13.3. The maximum Gasteiger partial charge on any atom is 0.123 e. The zero-order valence-corrected chi connectivity index (χ0v) is 12.7. The van der Waals surface area contributed by atoms with E-state index >= 15 is 0 Å². The first kappa shape index (κ1) is 14.5. The summed E-state index contributed by atoms with van der Waals surface area (Å²) in [6, 6.07) is 4.15. The molecule has 1 N–H and O–H groups in total. The standard InChI is InChI=1S/C13H16ClFOS2/c1-7-8(2)18-12(6-17-7)13(16)10-5-9(15)3-4-11(10)14/h3-5,7-8,12-13,16H,6H2,1-2H3. The van der Waals surface area contributed by atoms with Gasteiger partial charge in [0.1, 0.15) is 5.82 Å². The highest BCUT2D eigenvalue weighted by Crippen LogP contribution is 2.42. The fraction of sp³-hybridized carbons (Fsp3) is 0.538. The highest BCUT2D eigenvalue weighted by atomic mass is 35.5. The van der Waals surface area contributed by atoms with Crippen LogP contribution >= 0.6 is 35.1 Å². The quantitative estimate of drug-likeness (QED) is 0.887. The molecule has 5 heteroatoms. The van der Waals surface area contributed by atoms with Crippen LogP contribution in [0.4, 0.5) is 4.39 Å². The van der Waals surface area contributed by atoms with E-state index < -0.39 is 6.10 Å². The molecule has 1 aliphatic heterocycles. The van der Waals surface area contributed by atoms with Gasteiger partial charge in [-0.25, -0.2) is 4.39 Å². The van der Waals surface area contributed by atoms with E-state index in [0.29, 0.717) is 21.1 Å². The van der Waals surface area contributed by atoms with Gasteiger partial charge in [0.05, 0.1) is 6.10 Å². The molecule has 1 saturated heterocycles. The van der Waals surface area contributed by atoms with Gasteiger partial charge in [-0.3, -0.25) is 0 Å². The van der Waals surface area contributed by atoms with E-state index in [9.17, 15) is 9.50 Å². The van der Waals surface area contributed by atoms with Crippen molar-refractivity contribution < 1.29 is 9.50 Å². The second kappa shape index (κ2) is 6.04. The molecule has 0 radical (unpaired) electrons. The minimum atomic E-state index is -0.708. The van der Waals surface area contributed by atoms with Crippen LogP contribution in [-0.4, -0.2) is 26.6 Å². The van der Waals surface area contributed by atoms with Crippen molar-refractivity contribution in [2.45, 2.75) is 35.7 Å². The van der Waals surface area contributed by atoms with Crippen molar-refractivity contribution in [3.05, 3.63) is 34.6 Å². The highest BCUT2D eigenvalue weighted by Gasteiger charge is 2.32. The summed E-state index contributed by atoms with van der Waals surface area (Å²) >= 11 is 9.64. The molecule has 0 amide bonds. The molecular weight excluding hydrogens is 291 g/mol. The smallest absolute Gasteiger partial charge is 0.123 e. The molecule has 1 aromatic rings. The first-order valence-electron chi connectivity index (χ1n) is 5.89. The lowest BCUT2D eigenvalue weighted by molar-refractivity contribution is 0.180. The number of hydrogen-bond donors (Lipinski definition) is 1. The summed E-state index contributed by atoms with van der Waals surface area (Å²) in [5.41, 5.74) is 0.497. The van der Waals surface area contributed by atoms with Gasteiger partial charge in [0.15, 0.2) is 0 Å². The Labute approximate surface area is 120 Å². The molecule has 0 aromatic heterocycles. The summed E-state index contributed by atoms with van der Waals surface area (Å²) in [6.07, 6.45) is -0.708. The molecule has 1 aliphatic rings. The van der Waals surface area contributed by atoms with Gasteiger partial charge in [-0.2, -0.15) is 23.5 Å². The number of aliphatic hydroxyl groups excluding tert-OH is 1. The molecule has 1 nitrogen and oxygen atoms in total. The summed E-state index contributed by atoms with van der Waals surface area (Å²) in [6.45, 7) is 4.36. The Morgan fingerprint density at radius 3 is 2.78 bits per heavy atom. The van der Waals surface area contributed by atoms with Gasteiger partial charge in [-0.05, 0) is 18.2 Å². The largest absolute Gasteiger partial charge is 0.387 e. The molecule has 0 bridgehead atoms. The average Bonchev–Trinajstić information content (AvgIpc) is 2.35. The van der Waals surface area contributed by atoms with Crippen LogP contribution in [-0.2, 0) is 0 Å². The highest BCUT2D eigenvalue weighted by molar-refractivity contribution is 8.07. The summed E-state index contributed by atoms with van der Waals surface area (Å²) in [5.74, 6) is 0.507. The second-order valence-corrected chi connectivity index (χ2v) is 7.97. The van der Waals surface area contributed by atoms with Crippen molar-refractivity contribution >= 4 is 35.1 Å². The van der Waals surface area contributed by atoms with Crippen molar-refractivity contribution in [3.8, 4) is 0 Å². The first-order valence-corrected chi connectivity index (χ1v) is 8.26. The Balaban J connectivity index is 2.16. The fourth-order valence-corrected chi connectivity index (χ4v) is 5.14. The summed E-state index contributed by atoms with van der Waals surface area (Å²) in [5, 5.41) is 11.9. The molecule has 100 valence electrons. The van der Waals surface area contributed by atoms with Crippen LogP contribution in [0.3, 0.4) is 0 Å². The number of aliphatic hydroxyl groups is 1. The Morgan fingerprint density at radius 2 is 2.11 bits per heavy atom.